The number of nitrogen functional groups attached to an aromatic ring is 1. The molecular formula is C13H18N2O2. The van der Waals surface area contributed by atoms with Gasteiger partial charge >= 0.3 is 0 Å². The molecule has 4 nitrogen and oxygen atoms in total. The van der Waals surface area contributed by atoms with Gasteiger partial charge in [0, 0.05) is 6.04 Å². The number of carbonyl (C=O) groups is 1. The van der Waals surface area contributed by atoms with Gasteiger partial charge in [0.25, 0.3) is 5.91 Å². The molecule has 92 valence electrons. The van der Waals surface area contributed by atoms with Crippen molar-refractivity contribution in [2.75, 3.05) is 12.3 Å². The molecule has 0 aliphatic rings. The fraction of sp³-hybridized carbons (Fsp3) is 0.308. The van der Waals surface area contributed by atoms with E-state index in [1.807, 2.05) is 13.8 Å². The molecule has 0 aromatic heterocycles. The Bertz CT molecular complexity index is 416. The normalized spacial score (nSPS) is 11.6. The van der Waals surface area contributed by atoms with Crippen LogP contribution >= 0.6 is 0 Å². The van der Waals surface area contributed by atoms with Crippen molar-refractivity contribution >= 4 is 11.6 Å². The zero-order chi connectivity index (χ0) is 12.8. The Balaban J connectivity index is 2.99. The second kappa shape index (κ2) is 5.94. The van der Waals surface area contributed by atoms with E-state index in [4.69, 9.17) is 10.5 Å². The van der Waals surface area contributed by atoms with Crippen molar-refractivity contribution in [3.8, 4) is 5.75 Å². The van der Waals surface area contributed by atoms with Crippen molar-refractivity contribution < 1.29 is 9.53 Å². The number of carbonyl (C=O) groups excluding carboxylic acids is 1. The summed E-state index contributed by atoms with van der Waals surface area (Å²) in [7, 11) is 0. The van der Waals surface area contributed by atoms with Crippen LogP contribution in [0.15, 0.2) is 30.9 Å². The van der Waals surface area contributed by atoms with Gasteiger partial charge in [-0.25, -0.2) is 0 Å². The summed E-state index contributed by atoms with van der Waals surface area (Å²) in [6.07, 6.45) is 1.66. The topological polar surface area (TPSA) is 64.4 Å². The molecule has 17 heavy (non-hydrogen) atoms. The third kappa shape index (κ3) is 3.24. The lowest BCUT2D eigenvalue weighted by atomic mass is 10.1. The molecule has 1 unspecified atom stereocenters. The molecule has 0 fully saturated rings. The minimum atomic E-state index is -0.215. The highest BCUT2D eigenvalue weighted by atomic mass is 16.5. The SMILES string of the molecule is C=CC(C)NC(=O)c1cccc(N)c1OCC. The molecule has 0 saturated heterocycles. The molecule has 0 spiro atoms. The number of amides is 1. The number of hydrogen-bond acceptors (Lipinski definition) is 3. The molecule has 1 aromatic carbocycles. The summed E-state index contributed by atoms with van der Waals surface area (Å²) in [6, 6.07) is 5.02. The summed E-state index contributed by atoms with van der Waals surface area (Å²) in [5, 5.41) is 2.78. The number of anilines is 1. The zero-order valence-corrected chi connectivity index (χ0v) is 10.2. The monoisotopic (exact) mass is 234 g/mol. The summed E-state index contributed by atoms with van der Waals surface area (Å²) in [6.45, 7) is 7.77. The number of benzene rings is 1. The smallest absolute Gasteiger partial charge is 0.255 e. The highest BCUT2D eigenvalue weighted by Crippen LogP contribution is 2.26. The van der Waals surface area contributed by atoms with Gasteiger partial charge in [-0.2, -0.15) is 0 Å². The predicted molar refractivity (Wildman–Crippen MR) is 69.1 cm³/mol. The van der Waals surface area contributed by atoms with Crippen LogP contribution in [0.2, 0.25) is 0 Å². The van der Waals surface area contributed by atoms with E-state index in [0.29, 0.717) is 23.6 Å². The zero-order valence-electron chi connectivity index (χ0n) is 10.2. The number of nitrogens with one attached hydrogen (secondary N) is 1. The highest BCUT2D eigenvalue weighted by molar-refractivity contribution is 5.98. The molecule has 4 heteroatoms. The fourth-order valence-electron chi connectivity index (χ4n) is 1.38. The molecule has 0 heterocycles. The van der Waals surface area contributed by atoms with Crippen LogP contribution < -0.4 is 15.8 Å². The van der Waals surface area contributed by atoms with Crippen molar-refractivity contribution in [3.63, 3.8) is 0 Å². The van der Waals surface area contributed by atoms with E-state index >= 15 is 0 Å². The van der Waals surface area contributed by atoms with Crippen LogP contribution in [0.5, 0.6) is 5.75 Å². The number of ether oxygens (including phenoxy) is 1. The van der Waals surface area contributed by atoms with E-state index < -0.39 is 0 Å². The van der Waals surface area contributed by atoms with Gasteiger partial charge in [0.15, 0.2) is 5.75 Å². The summed E-state index contributed by atoms with van der Waals surface area (Å²) in [5.74, 6) is 0.219. The minimum Gasteiger partial charge on any atom is -0.491 e. The Hall–Kier alpha value is -1.97. The quantitative estimate of drug-likeness (QED) is 0.604. The molecule has 0 aliphatic carbocycles. The summed E-state index contributed by atoms with van der Waals surface area (Å²) < 4.78 is 5.39. The van der Waals surface area contributed by atoms with E-state index in [1.165, 1.54) is 0 Å². The summed E-state index contributed by atoms with van der Waals surface area (Å²) >= 11 is 0. The third-order valence-electron chi connectivity index (χ3n) is 2.29. The van der Waals surface area contributed by atoms with Crippen molar-refractivity contribution in [2.45, 2.75) is 19.9 Å². The Morgan fingerprint density at radius 1 is 1.65 bits per heavy atom. The maximum absolute atomic E-state index is 12.0. The average molecular weight is 234 g/mol. The van der Waals surface area contributed by atoms with Crippen LogP contribution in [0.25, 0.3) is 0 Å². The lowest BCUT2D eigenvalue weighted by molar-refractivity contribution is 0.0943. The number of rotatable bonds is 5. The number of nitrogens with two attached hydrogens (primary N) is 1. The maximum atomic E-state index is 12.0. The minimum absolute atomic E-state index is 0.0987. The molecule has 0 radical (unpaired) electrons. The van der Waals surface area contributed by atoms with E-state index in [-0.39, 0.29) is 11.9 Å². The van der Waals surface area contributed by atoms with Crippen LogP contribution in [0.1, 0.15) is 24.2 Å². The van der Waals surface area contributed by atoms with Crippen molar-refractivity contribution in [2.24, 2.45) is 0 Å². The van der Waals surface area contributed by atoms with Crippen molar-refractivity contribution in [3.05, 3.63) is 36.4 Å². The molecule has 3 N–H and O–H groups in total. The van der Waals surface area contributed by atoms with Gasteiger partial charge in [0.2, 0.25) is 0 Å². The second-order valence-electron chi connectivity index (χ2n) is 3.65. The number of para-hydroxylation sites is 1. The van der Waals surface area contributed by atoms with Crippen LogP contribution in [0.4, 0.5) is 5.69 Å². The van der Waals surface area contributed by atoms with Gasteiger partial charge in [-0.3, -0.25) is 4.79 Å². The van der Waals surface area contributed by atoms with E-state index in [1.54, 1.807) is 24.3 Å². The molecule has 1 aromatic rings. The first-order valence-electron chi connectivity index (χ1n) is 5.54. The van der Waals surface area contributed by atoms with Gasteiger partial charge in [0.05, 0.1) is 17.9 Å². The van der Waals surface area contributed by atoms with Crippen LogP contribution in [0.3, 0.4) is 0 Å². The third-order valence-corrected chi connectivity index (χ3v) is 2.29. The van der Waals surface area contributed by atoms with E-state index in [2.05, 4.69) is 11.9 Å². The lowest BCUT2D eigenvalue weighted by Crippen LogP contribution is -2.31. The molecule has 0 saturated carbocycles. The first kappa shape index (κ1) is 13.1. The molecular weight excluding hydrogens is 216 g/mol. The molecule has 1 atom stereocenters. The Kier molecular flexibility index (Phi) is 4.57. The van der Waals surface area contributed by atoms with Crippen molar-refractivity contribution in [1.82, 2.24) is 5.32 Å². The van der Waals surface area contributed by atoms with Gasteiger partial charge in [-0.15, -0.1) is 6.58 Å². The molecule has 0 aliphatic heterocycles. The van der Waals surface area contributed by atoms with Gasteiger partial charge in [0.1, 0.15) is 0 Å². The molecule has 1 rings (SSSR count). The van der Waals surface area contributed by atoms with E-state index in [9.17, 15) is 4.79 Å². The molecule has 1 amide bonds. The first-order valence-corrected chi connectivity index (χ1v) is 5.54. The van der Waals surface area contributed by atoms with Gasteiger partial charge < -0.3 is 15.8 Å². The Morgan fingerprint density at radius 2 is 2.35 bits per heavy atom. The summed E-state index contributed by atoms with van der Waals surface area (Å²) in [4.78, 5) is 12.0. The maximum Gasteiger partial charge on any atom is 0.255 e. The first-order chi connectivity index (χ1) is 8.10. The van der Waals surface area contributed by atoms with E-state index in [0.717, 1.165) is 0 Å². The Morgan fingerprint density at radius 3 is 2.94 bits per heavy atom. The Labute approximate surface area is 101 Å². The van der Waals surface area contributed by atoms with Gasteiger partial charge in [-0.1, -0.05) is 12.1 Å². The van der Waals surface area contributed by atoms with Gasteiger partial charge in [-0.05, 0) is 26.0 Å². The van der Waals surface area contributed by atoms with Crippen LogP contribution in [0, 0.1) is 0 Å². The largest absolute Gasteiger partial charge is 0.491 e. The average Bonchev–Trinajstić information content (AvgIpc) is 2.31. The number of hydrogen-bond donors (Lipinski definition) is 2. The molecule has 0 bridgehead atoms. The van der Waals surface area contributed by atoms with Crippen LogP contribution in [-0.2, 0) is 0 Å². The fourth-order valence-corrected chi connectivity index (χ4v) is 1.38. The van der Waals surface area contributed by atoms with Crippen LogP contribution in [-0.4, -0.2) is 18.6 Å². The lowest BCUT2D eigenvalue weighted by Gasteiger charge is -2.14. The van der Waals surface area contributed by atoms with Crippen molar-refractivity contribution in [1.29, 1.82) is 0 Å². The second-order valence-corrected chi connectivity index (χ2v) is 3.65. The highest BCUT2D eigenvalue weighted by Gasteiger charge is 2.15. The predicted octanol–water partition coefficient (Wildman–Crippen LogP) is 1.97. The summed E-state index contributed by atoms with van der Waals surface area (Å²) in [5.41, 5.74) is 6.69. The standard InChI is InChI=1S/C13H18N2O2/c1-4-9(3)15-13(16)10-7-6-8-11(14)12(10)17-5-2/h4,6-9H,1,5,14H2,2-3H3,(H,15,16).